The number of aliphatic hydroxyl groups excluding tert-OH is 8. The van der Waals surface area contributed by atoms with Crippen molar-refractivity contribution in [2.45, 2.75) is 319 Å². The minimum Gasteiger partial charge on any atom is -0.394 e. The predicted molar refractivity (Wildman–Crippen MR) is 341 cm³/mol. The van der Waals surface area contributed by atoms with E-state index in [1.165, 1.54) is 148 Å². The zero-order valence-electron chi connectivity index (χ0n) is 52.4. The van der Waals surface area contributed by atoms with Gasteiger partial charge in [0.1, 0.15) is 48.8 Å². The average Bonchev–Trinajstić information content (AvgIpc) is 3.18. The molecule has 2 saturated heterocycles. The number of rotatable bonds is 53. The summed E-state index contributed by atoms with van der Waals surface area (Å²) in [6, 6.07) is -0.975. The third-order valence-electron chi connectivity index (χ3n) is 15.7. The molecular weight excluding hydrogens is 1060 g/mol. The van der Waals surface area contributed by atoms with E-state index in [-0.39, 0.29) is 18.9 Å². The van der Waals surface area contributed by atoms with Gasteiger partial charge in [-0.1, -0.05) is 252 Å². The van der Waals surface area contributed by atoms with Crippen LogP contribution in [0.25, 0.3) is 0 Å². The largest absolute Gasteiger partial charge is 0.394 e. The Balaban J connectivity index is 1.71. The number of carbonyl (C=O) groups is 1. The Morgan fingerprint density at radius 1 is 0.440 bits per heavy atom. The molecule has 1 amide bonds. The smallest absolute Gasteiger partial charge is 0.220 e. The summed E-state index contributed by atoms with van der Waals surface area (Å²) in [5.41, 5.74) is 0. The number of hydrogen-bond acceptors (Lipinski definition) is 13. The second-order valence-corrected chi connectivity index (χ2v) is 23.2. The van der Waals surface area contributed by atoms with Crippen LogP contribution in [0.3, 0.4) is 0 Å². The number of hydrogen-bond donors (Lipinski definition) is 9. The second-order valence-electron chi connectivity index (χ2n) is 23.2. The lowest BCUT2D eigenvalue weighted by Gasteiger charge is -2.46. The lowest BCUT2D eigenvalue weighted by atomic mass is 9.97. The molecule has 2 aliphatic rings. The lowest BCUT2D eigenvalue weighted by Crippen LogP contribution is -2.65. The molecule has 2 rings (SSSR count). The Morgan fingerprint density at radius 2 is 0.833 bits per heavy atom. The van der Waals surface area contributed by atoms with Crippen molar-refractivity contribution in [2.24, 2.45) is 0 Å². The summed E-state index contributed by atoms with van der Waals surface area (Å²) in [4.78, 5) is 13.2. The van der Waals surface area contributed by atoms with Crippen LogP contribution in [0.1, 0.15) is 245 Å². The van der Waals surface area contributed by atoms with Gasteiger partial charge in [-0.2, -0.15) is 0 Å². The van der Waals surface area contributed by atoms with Crippen LogP contribution in [0.5, 0.6) is 0 Å². The van der Waals surface area contributed by atoms with Crippen LogP contribution in [0.15, 0.2) is 97.2 Å². The molecule has 2 fully saturated rings. The van der Waals surface area contributed by atoms with E-state index in [9.17, 15) is 45.6 Å². The maximum Gasteiger partial charge on any atom is 0.220 e. The lowest BCUT2D eigenvalue weighted by molar-refractivity contribution is -0.359. The van der Waals surface area contributed by atoms with Gasteiger partial charge in [-0.05, 0) is 83.5 Å². The molecular formula is C70H121NO13. The van der Waals surface area contributed by atoms with Crippen molar-refractivity contribution in [3.8, 4) is 0 Å². The summed E-state index contributed by atoms with van der Waals surface area (Å²) in [6.45, 7) is 2.63. The van der Waals surface area contributed by atoms with E-state index >= 15 is 0 Å². The molecule has 2 heterocycles. The number of amides is 1. The monoisotopic (exact) mass is 1180 g/mol. The third kappa shape index (κ3) is 38.2. The topological polar surface area (TPSA) is 228 Å². The number of aliphatic hydroxyl groups is 8. The fraction of sp³-hybridized carbons (Fsp3) is 0.757. The van der Waals surface area contributed by atoms with Crippen LogP contribution in [-0.2, 0) is 23.7 Å². The van der Waals surface area contributed by atoms with Crippen LogP contribution in [0.4, 0.5) is 0 Å². The summed E-state index contributed by atoms with van der Waals surface area (Å²) in [5.74, 6) is -0.312. The molecule has 12 unspecified atom stereocenters. The van der Waals surface area contributed by atoms with E-state index in [0.29, 0.717) is 19.3 Å². The Kier molecular flexibility index (Phi) is 49.6. The quantitative estimate of drug-likeness (QED) is 0.0204. The highest BCUT2D eigenvalue weighted by Gasteiger charge is 2.51. The molecule has 2 aliphatic heterocycles. The highest BCUT2D eigenvalue weighted by Crippen LogP contribution is 2.30. The van der Waals surface area contributed by atoms with E-state index in [1.807, 2.05) is 12.2 Å². The maximum absolute atomic E-state index is 13.2. The Bertz CT molecular complexity index is 1780. The van der Waals surface area contributed by atoms with Gasteiger partial charge in [-0.25, -0.2) is 0 Å². The van der Waals surface area contributed by atoms with Gasteiger partial charge in [0.05, 0.1) is 32.0 Å². The maximum atomic E-state index is 13.2. The molecule has 12 atom stereocenters. The number of unbranched alkanes of at least 4 members (excludes halogenated alkanes) is 26. The number of nitrogens with one attached hydrogen (secondary N) is 1. The number of ether oxygens (including phenoxy) is 4. The second kappa shape index (κ2) is 54.1. The van der Waals surface area contributed by atoms with E-state index < -0.39 is 86.8 Å². The molecule has 484 valence electrons. The Hall–Kier alpha value is -3.09. The standard InChI is InChI=1S/C70H121NO13/c1-3-5-7-9-11-13-15-17-19-21-22-23-24-25-26-27-28-29-30-31-32-33-34-35-36-38-39-41-43-45-47-49-51-53-59(74)58(71-62(75)54-52-50-48-46-44-42-40-37-20-18-16-14-12-10-8-6-4-2)57-81-69-67(80)65(78)68(61(56-73)83-69)84-70-66(79)64(77)63(76)60(55-72)82-70/h6,8,12,14,18,20,36,38,40,42-43,45-46,48,51,53,58-61,63-70,72-74,76-80H,3-5,7,9-11,13,15-17,19,21-35,37,39,41,44,47,49-50,52,54-57H2,1-2H3,(H,71,75)/b8-6-,14-12-,20-18-,38-36+,42-40-,45-43+,48-46-,53-51+. The SMILES string of the molecule is CC/C=C\C/C=C\C/C=C\C/C=C\C/C=C\CCCC(=O)NC(COC1OC(CO)C(OC2OC(CO)C(O)C(O)C2O)C(O)C1O)C(O)/C=C/CC/C=C/CC/C=C/CCCCCCCCCCCCCCCCCCCCCCCCC. The van der Waals surface area contributed by atoms with Crippen LogP contribution >= 0.6 is 0 Å². The molecule has 9 N–H and O–H groups in total. The van der Waals surface area contributed by atoms with Crippen molar-refractivity contribution in [1.29, 1.82) is 0 Å². The van der Waals surface area contributed by atoms with Crippen molar-refractivity contribution in [3.63, 3.8) is 0 Å². The summed E-state index contributed by atoms with van der Waals surface area (Å²) < 4.78 is 22.7. The molecule has 0 aromatic heterocycles. The van der Waals surface area contributed by atoms with Gasteiger partial charge < -0.3 is 65.1 Å². The van der Waals surface area contributed by atoms with Gasteiger partial charge in [-0.15, -0.1) is 0 Å². The molecule has 0 aromatic rings. The first-order valence-corrected chi connectivity index (χ1v) is 33.5. The fourth-order valence-corrected chi connectivity index (χ4v) is 10.4. The zero-order chi connectivity index (χ0) is 60.9. The summed E-state index contributed by atoms with van der Waals surface area (Å²) in [7, 11) is 0. The summed E-state index contributed by atoms with van der Waals surface area (Å²) in [6.07, 6.45) is 59.2. The molecule has 14 nitrogen and oxygen atoms in total. The minimum atomic E-state index is -1.80. The first-order chi connectivity index (χ1) is 41.1. The van der Waals surface area contributed by atoms with Gasteiger partial charge in [0.15, 0.2) is 12.6 Å². The van der Waals surface area contributed by atoms with E-state index in [2.05, 4.69) is 98.2 Å². The van der Waals surface area contributed by atoms with Crippen LogP contribution in [0.2, 0.25) is 0 Å². The molecule has 0 bridgehead atoms. The van der Waals surface area contributed by atoms with Crippen molar-refractivity contribution in [3.05, 3.63) is 97.2 Å². The van der Waals surface area contributed by atoms with Crippen LogP contribution < -0.4 is 5.32 Å². The molecule has 0 spiro atoms. The van der Waals surface area contributed by atoms with E-state index in [4.69, 9.17) is 18.9 Å². The van der Waals surface area contributed by atoms with E-state index in [1.54, 1.807) is 6.08 Å². The molecule has 0 aromatic carbocycles. The van der Waals surface area contributed by atoms with Gasteiger partial charge in [0, 0.05) is 6.42 Å². The zero-order valence-corrected chi connectivity index (χ0v) is 52.4. The summed E-state index contributed by atoms with van der Waals surface area (Å²) in [5, 5.41) is 87.1. The molecule has 0 radical (unpaired) electrons. The molecule has 84 heavy (non-hydrogen) atoms. The van der Waals surface area contributed by atoms with Gasteiger partial charge in [-0.3, -0.25) is 4.79 Å². The van der Waals surface area contributed by atoms with Crippen molar-refractivity contribution >= 4 is 5.91 Å². The summed E-state index contributed by atoms with van der Waals surface area (Å²) >= 11 is 0. The fourth-order valence-electron chi connectivity index (χ4n) is 10.4. The van der Waals surface area contributed by atoms with Crippen molar-refractivity contribution in [1.82, 2.24) is 5.32 Å². The minimum absolute atomic E-state index is 0.186. The van der Waals surface area contributed by atoms with Crippen LogP contribution in [-0.4, -0.2) is 140 Å². The molecule has 14 heteroatoms. The molecule has 0 aliphatic carbocycles. The van der Waals surface area contributed by atoms with Crippen LogP contribution in [0, 0.1) is 0 Å². The first kappa shape index (κ1) is 77.0. The van der Waals surface area contributed by atoms with Gasteiger partial charge in [0.25, 0.3) is 0 Å². The van der Waals surface area contributed by atoms with Crippen molar-refractivity contribution < 1.29 is 64.6 Å². The average molecular weight is 1180 g/mol. The predicted octanol–water partition coefficient (Wildman–Crippen LogP) is 13.0. The highest BCUT2D eigenvalue weighted by molar-refractivity contribution is 5.76. The van der Waals surface area contributed by atoms with Gasteiger partial charge >= 0.3 is 0 Å². The Labute approximate surface area is 509 Å². The normalized spacial score (nSPS) is 24.3. The Morgan fingerprint density at radius 3 is 1.31 bits per heavy atom. The number of allylic oxidation sites excluding steroid dienone is 15. The van der Waals surface area contributed by atoms with Gasteiger partial charge in [0.2, 0.25) is 5.91 Å². The number of carbonyl (C=O) groups excluding carboxylic acids is 1. The molecule has 0 saturated carbocycles. The highest BCUT2D eigenvalue weighted by atomic mass is 16.7. The van der Waals surface area contributed by atoms with Crippen molar-refractivity contribution in [2.75, 3.05) is 19.8 Å². The first-order valence-electron chi connectivity index (χ1n) is 33.5. The third-order valence-corrected chi connectivity index (χ3v) is 15.7. The van der Waals surface area contributed by atoms with E-state index in [0.717, 1.165) is 57.8 Å².